The fourth-order valence-electron chi connectivity index (χ4n) is 2.09. The number of rotatable bonds is 8. The Labute approximate surface area is 151 Å². The van der Waals surface area contributed by atoms with Crippen molar-refractivity contribution >= 4 is 29.4 Å². The van der Waals surface area contributed by atoms with E-state index in [1.54, 1.807) is 30.0 Å². The van der Waals surface area contributed by atoms with Crippen LogP contribution in [0, 0.1) is 17.0 Å². The van der Waals surface area contributed by atoms with Crippen molar-refractivity contribution in [1.82, 2.24) is 5.32 Å². The zero-order valence-corrected chi connectivity index (χ0v) is 14.8. The molecule has 0 saturated carbocycles. The zero-order chi connectivity index (χ0) is 18.1. The molecule has 130 valence electrons. The number of aryl methyl sites for hydroxylation is 1. The number of nitro groups is 1. The van der Waals surface area contributed by atoms with Gasteiger partial charge in [-0.1, -0.05) is 42.0 Å². The molecule has 0 aliphatic carbocycles. The van der Waals surface area contributed by atoms with E-state index in [0.29, 0.717) is 12.1 Å². The third-order valence-electron chi connectivity index (χ3n) is 3.44. The summed E-state index contributed by atoms with van der Waals surface area (Å²) < 4.78 is 0. The highest BCUT2D eigenvalue weighted by Gasteiger charge is 2.04. The maximum Gasteiger partial charge on any atom is 0.270 e. The molecule has 0 spiro atoms. The fourth-order valence-corrected chi connectivity index (χ4v) is 2.91. The van der Waals surface area contributed by atoms with Crippen LogP contribution in [0.15, 0.2) is 54.6 Å². The van der Waals surface area contributed by atoms with Gasteiger partial charge >= 0.3 is 0 Å². The van der Waals surface area contributed by atoms with Crippen molar-refractivity contribution in [3.63, 3.8) is 0 Å². The van der Waals surface area contributed by atoms with E-state index < -0.39 is 4.92 Å². The minimum atomic E-state index is -0.456. The second kappa shape index (κ2) is 9.64. The topological polar surface area (TPSA) is 72.2 Å². The molecule has 0 saturated heterocycles. The average Bonchev–Trinajstić information content (AvgIpc) is 2.61. The quantitative estimate of drug-likeness (QED) is 0.336. The summed E-state index contributed by atoms with van der Waals surface area (Å²) in [6.07, 6.45) is 2.96. The number of thioether (sulfide) groups is 1. The van der Waals surface area contributed by atoms with Crippen LogP contribution in [0.5, 0.6) is 0 Å². The Morgan fingerprint density at radius 1 is 1.24 bits per heavy atom. The van der Waals surface area contributed by atoms with Crippen LogP contribution in [0.2, 0.25) is 0 Å². The minimum absolute atomic E-state index is 0.00932. The third-order valence-corrected chi connectivity index (χ3v) is 4.47. The molecular formula is C19H20N2O3S. The third kappa shape index (κ3) is 6.81. The first-order valence-corrected chi connectivity index (χ1v) is 9.04. The van der Waals surface area contributed by atoms with Gasteiger partial charge in [-0.3, -0.25) is 14.9 Å². The van der Waals surface area contributed by atoms with E-state index in [1.807, 2.05) is 0 Å². The van der Waals surface area contributed by atoms with Crippen LogP contribution in [0.4, 0.5) is 5.69 Å². The van der Waals surface area contributed by atoms with Gasteiger partial charge in [-0.25, -0.2) is 0 Å². The number of amides is 1. The predicted molar refractivity (Wildman–Crippen MR) is 102 cm³/mol. The molecule has 0 fully saturated rings. The Morgan fingerprint density at radius 2 is 2.00 bits per heavy atom. The highest BCUT2D eigenvalue weighted by Crippen LogP contribution is 2.14. The number of nitrogens with one attached hydrogen (secondary N) is 1. The summed E-state index contributed by atoms with van der Waals surface area (Å²) in [6, 6.07) is 14.6. The molecule has 1 N–H and O–H groups in total. The molecule has 0 aromatic heterocycles. The van der Waals surface area contributed by atoms with Gasteiger partial charge in [0.05, 0.1) is 4.92 Å². The van der Waals surface area contributed by atoms with Crippen molar-refractivity contribution in [3.8, 4) is 0 Å². The SMILES string of the molecule is Cc1ccc(CSCCNC(=O)C=Cc2cccc([N+](=O)[O-])c2)cc1. The van der Waals surface area contributed by atoms with E-state index >= 15 is 0 Å². The molecule has 6 heteroatoms. The lowest BCUT2D eigenvalue weighted by Gasteiger charge is -2.04. The molecule has 25 heavy (non-hydrogen) atoms. The molecule has 1 amide bonds. The van der Waals surface area contributed by atoms with Crippen molar-refractivity contribution in [3.05, 3.63) is 81.4 Å². The number of carbonyl (C=O) groups excluding carboxylic acids is 1. The van der Waals surface area contributed by atoms with Crippen molar-refractivity contribution in [2.24, 2.45) is 0 Å². The first-order valence-electron chi connectivity index (χ1n) is 7.88. The molecular weight excluding hydrogens is 336 g/mol. The Morgan fingerprint density at radius 3 is 2.72 bits per heavy atom. The number of non-ortho nitro benzene ring substituents is 1. The van der Waals surface area contributed by atoms with Gasteiger partial charge in [0.2, 0.25) is 5.91 Å². The normalized spacial score (nSPS) is 10.8. The summed E-state index contributed by atoms with van der Waals surface area (Å²) in [7, 11) is 0. The van der Waals surface area contributed by atoms with E-state index in [9.17, 15) is 14.9 Å². The molecule has 2 aromatic rings. The molecule has 0 aliphatic rings. The van der Waals surface area contributed by atoms with Crippen LogP contribution in [-0.4, -0.2) is 23.1 Å². The number of nitrogens with zero attached hydrogens (tertiary/aromatic N) is 1. The van der Waals surface area contributed by atoms with Crippen LogP contribution in [0.25, 0.3) is 6.08 Å². The Bertz CT molecular complexity index is 758. The van der Waals surface area contributed by atoms with Crippen LogP contribution < -0.4 is 5.32 Å². The molecule has 0 atom stereocenters. The number of hydrogen-bond acceptors (Lipinski definition) is 4. The first kappa shape index (κ1) is 18.7. The fraction of sp³-hybridized carbons (Fsp3) is 0.211. The van der Waals surface area contributed by atoms with E-state index in [0.717, 1.165) is 11.5 Å². The van der Waals surface area contributed by atoms with Gasteiger partial charge in [0.1, 0.15) is 0 Å². The standard InChI is InChI=1S/C19H20N2O3S/c1-15-5-7-17(8-6-15)14-25-12-11-20-19(22)10-9-16-3-2-4-18(13-16)21(23)24/h2-10,13H,11-12,14H2,1H3,(H,20,22). The van der Waals surface area contributed by atoms with Crippen LogP contribution in [0.3, 0.4) is 0 Å². The number of carbonyl (C=O) groups is 1. The molecule has 2 rings (SSSR count). The van der Waals surface area contributed by atoms with E-state index in [-0.39, 0.29) is 11.6 Å². The average molecular weight is 356 g/mol. The highest BCUT2D eigenvalue weighted by atomic mass is 32.2. The van der Waals surface area contributed by atoms with Crippen molar-refractivity contribution in [2.75, 3.05) is 12.3 Å². The van der Waals surface area contributed by atoms with Gasteiger partial charge in [0, 0.05) is 36.3 Å². The lowest BCUT2D eigenvalue weighted by Crippen LogP contribution is -2.23. The summed E-state index contributed by atoms with van der Waals surface area (Å²) >= 11 is 1.76. The van der Waals surface area contributed by atoms with Crippen LogP contribution >= 0.6 is 11.8 Å². The lowest BCUT2D eigenvalue weighted by atomic mass is 10.2. The second-order valence-electron chi connectivity index (χ2n) is 5.51. The first-order chi connectivity index (χ1) is 12.0. The monoisotopic (exact) mass is 356 g/mol. The molecule has 5 nitrogen and oxygen atoms in total. The van der Waals surface area contributed by atoms with Gasteiger partial charge < -0.3 is 5.32 Å². The molecule has 2 aromatic carbocycles. The number of nitro benzene ring substituents is 1. The van der Waals surface area contributed by atoms with Crippen molar-refractivity contribution < 1.29 is 9.72 Å². The maximum absolute atomic E-state index is 11.8. The number of benzene rings is 2. The summed E-state index contributed by atoms with van der Waals surface area (Å²) in [5.74, 6) is 1.53. The van der Waals surface area contributed by atoms with Crippen LogP contribution in [0.1, 0.15) is 16.7 Å². The largest absolute Gasteiger partial charge is 0.352 e. The highest BCUT2D eigenvalue weighted by molar-refractivity contribution is 7.98. The summed E-state index contributed by atoms with van der Waals surface area (Å²) in [4.78, 5) is 22.0. The Kier molecular flexibility index (Phi) is 7.22. The maximum atomic E-state index is 11.8. The van der Waals surface area contributed by atoms with Gasteiger partial charge in [-0.05, 0) is 24.1 Å². The lowest BCUT2D eigenvalue weighted by molar-refractivity contribution is -0.384. The van der Waals surface area contributed by atoms with Gasteiger partial charge in [0.15, 0.2) is 0 Å². The van der Waals surface area contributed by atoms with E-state index in [2.05, 4.69) is 36.5 Å². The second-order valence-corrected chi connectivity index (χ2v) is 6.62. The predicted octanol–water partition coefficient (Wildman–Crippen LogP) is 3.97. The summed E-state index contributed by atoms with van der Waals surface area (Å²) in [5, 5.41) is 13.5. The molecule has 0 aliphatic heterocycles. The molecule has 0 radical (unpaired) electrons. The van der Waals surface area contributed by atoms with Gasteiger partial charge in [0.25, 0.3) is 5.69 Å². The summed E-state index contributed by atoms with van der Waals surface area (Å²) in [5.41, 5.74) is 3.15. The minimum Gasteiger partial charge on any atom is -0.352 e. The molecule has 0 heterocycles. The molecule has 0 bridgehead atoms. The Hall–Kier alpha value is -2.60. The number of hydrogen-bond donors (Lipinski definition) is 1. The van der Waals surface area contributed by atoms with Crippen molar-refractivity contribution in [2.45, 2.75) is 12.7 Å². The van der Waals surface area contributed by atoms with Crippen molar-refractivity contribution in [1.29, 1.82) is 0 Å². The van der Waals surface area contributed by atoms with Crippen LogP contribution in [-0.2, 0) is 10.5 Å². The zero-order valence-electron chi connectivity index (χ0n) is 14.0. The smallest absolute Gasteiger partial charge is 0.270 e. The van der Waals surface area contributed by atoms with Gasteiger partial charge in [-0.2, -0.15) is 11.8 Å². The van der Waals surface area contributed by atoms with E-state index in [4.69, 9.17) is 0 Å². The Balaban J connectivity index is 1.69. The van der Waals surface area contributed by atoms with Gasteiger partial charge in [-0.15, -0.1) is 0 Å². The molecule has 0 unspecified atom stereocenters. The summed E-state index contributed by atoms with van der Waals surface area (Å²) in [6.45, 7) is 2.64. The van der Waals surface area contributed by atoms with E-state index in [1.165, 1.54) is 29.3 Å².